The van der Waals surface area contributed by atoms with Crippen LogP contribution >= 0.6 is 0 Å². The Kier molecular flexibility index (Phi) is 8.28. The van der Waals surface area contributed by atoms with Gasteiger partial charge in [-0.25, -0.2) is 4.39 Å². The molecule has 0 radical (unpaired) electrons. The molecule has 0 aliphatic heterocycles. The van der Waals surface area contributed by atoms with Crippen LogP contribution in [0.3, 0.4) is 0 Å². The summed E-state index contributed by atoms with van der Waals surface area (Å²) in [7, 11) is 0. The fraction of sp³-hybridized carbons (Fsp3) is 1.00. The molecule has 0 amide bonds. The topological polar surface area (TPSA) is 105 Å². The van der Waals surface area contributed by atoms with Crippen molar-refractivity contribution in [1.82, 2.24) is 0 Å². The monoisotopic (exact) mass is 530 g/mol. The summed E-state index contributed by atoms with van der Waals surface area (Å²) in [5.41, 5.74) is -6.94. The third kappa shape index (κ3) is 5.17. The number of halogens is 14. The zero-order valence-electron chi connectivity index (χ0n) is 15.0. The minimum Gasteiger partial charge on any atom is -0.314 e. The van der Waals surface area contributed by atoms with Crippen molar-refractivity contribution < 1.29 is 81.3 Å². The molecule has 0 heterocycles. The second-order valence-corrected chi connectivity index (χ2v) is 5.91. The lowest BCUT2D eigenvalue weighted by atomic mass is 9.83. The molecule has 1 atom stereocenters. The Bertz CT molecular complexity index is 729. The summed E-state index contributed by atoms with van der Waals surface area (Å²) in [5, 5.41) is 15.5. The third-order valence-corrected chi connectivity index (χ3v) is 3.85. The SMILES string of the molecule is O=[N+]([O-])OCCC(F)(F)C(F)(F)C(F)(F)C(F)(F)C(F)(F)C(F)(CCO[N+](=O)[O-])C(F)(F)F. The summed E-state index contributed by atoms with van der Waals surface area (Å²) < 4.78 is 188. The van der Waals surface area contributed by atoms with Gasteiger partial charge in [0.05, 0.1) is 0 Å². The average Bonchev–Trinajstić information content (AvgIpc) is 2.58. The van der Waals surface area contributed by atoms with E-state index in [9.17, 15) is 81.7 Å². The van der Waals surface area contributed by atoms with Crippen molar-refractivity contribution in [1.29, 1.82) is 0 Å². The summed E-state index contributed by atoms with van der Waals surface area (Å²) in [6.07, 6.45) is -13.5. The summed E-state index contributed by atoms with van der Waals surface area (Å²) in [4.78, 5) is 25.6. The molecule has 0 aromatic heterocycles. The van der Waals surface area contributed by atoms with Gasteiger partial charge in [-0.2, -0.15) is 57.1 Å². The van der Waals surface area contributed by atoms with Crippen molar-refractivity contribution in [3.05, 3.63) is 20.2 Å². The molecule has 0 bridgehead atoms. The quantitative estimate of drug-likeness (QED) is 0.196. The fourth-order valence-corrected chi connectivity index (χ4v) is 2.02. The zero-order valence-corrected chi connectivity index (χ0v) is 15.0. The third-order valence-electron chi connectivity index (χ3n) is 3.85. The Morgan fingerprint density at radius 2 is 0.879 bits per heavy atom. The van der Waals surface area contributed by atoms with Gasteiger partial charge in [-0.05, 0) is 0 Å². The molecule has 8 nitrogen and oxygen atoms in total. The molecule has 0 spiro atoms. The molecule has 0 saturated heterocycles. The van der Waals surface area contributed by atoms with E-state index < -0.39 is 77.7 Å². The fourth-order valence-electron chi connectivity index (χ4n) is 2.02. The van der Waals surface area contributed by atoms with Gasteiger partial charge < -0.3 is 9.68 Å². The highest BCUT2D eigenvalue weighted by molar-refractivity contribution is 5.15. The normalized spacial score (nSPS) is 16.2. The maximum absolute atomic E-state index is 14.0. The Morgan fingerprint density at radius 1 is 0.545 bits per heavy atom. The Hall–Kier alpha value is -2.58. The number of hydrogen-bond donors (Lipinski definition) is 0. The van der Waals surface area contributed by atoms with E-state index in [4.69, 9.17) is 0 Å². The Labute approximate surface area is 170 Å². The van der Waals surface area contributed by atoms with Gasteiger partial charge in [0.2, 0.25) is 0 Å². The summed E-state index contributed by atoms with van der Waals surface area (Å²) in [6.45, 7) is -4.63. The predicted molar refractivity (Wildman–Crippen MR) is 69.8 cm³/mol. The van der Waals surface area contributed by atoms with Crippen molar-refractivity contribution in [2.24, 2.45) is 0 Å². The molecular weight excluding hydrogens is 522 g/mol. The van der Waals surface area contributed by atoms with Gasteiger partial charge in [0.1, 0.15) is 13.2 Å². The lowest BCUT2D eigenvalue weighted by Crippen LogP contribution is -2.73. The zero-order chi connectivity index (χ0) is 26.9. The molecule has 0 fully saturated rings. The van der Waals surface area contributed by atoms with Crippen molar-refractivity contribution in [2.45, 2.75) is 54.3 Å². The molecule has 33 heavy (non-hydrogen) atoms. The Balaban J connectivity index is 6.43. The molecule has 0 aliphatic carbocycles. The summed E-state index contributed by atoms with van der Waals surface area (Å²) in [5.74, 6) is -38.6. The van der Waals surface area contributed by atoms with Crippen molar-refractivity contribution in [3.63, 3.8) is 0 Å². The standard InChI is InChI=1S/C11H8F14N2O6/c12-5(11(23,24)25,1-3-32-26(28)29)7(15,16)9(19,20)10(21,22)8(17,18)6(13,14)2-4-33-27(30)31/h1-4H2. The predicted octanol–water partition coefficient (Wildman–Crippen LogP) is 4.63. The van der Waals surface area contributed by atoms with Gasteiger partial charge in [-0.3, -0.25) is 0 Å². The lowest BCUT2D eigenvalue weighted by molar-refractivity contribution is -0.758. The molecule has 0 aromatic carbocycles. The maximum atomic E-state index is 14.0. The van der Waals surface area contributed by atoms with Gasteiger partial charge in [0.15, 0.2) is 0 Å². The maximum Gasteiger partial charge on any atom is 0.428 e. The highest BCUT2D eigenvalue weighted by Crippen LogP contribution is 2.63. The van der Waals surface area contributed by atoms with E-state index in [-0.39, 0.29) is 0 Å². The largest absolute Gasteiger partial charge is 0.428 e. The van der Waals surface area contributed by atoms with Gasteiger partial charge >= 0.3 is 35.8 Å². The highest BCUT2D eigenvalue weighted by atomic mass is 19.4. The van der Waals surface area contributed by atoms with E-state index in [2.05, 4.69) is 9.68 Å². The molecule has 1 unspecified atom stereocenters. The van der Waals surface area contributed by atoms with Crippen LogP contribution in [-0.2, 0) is 9.68 Å². The average molecular weight is 530 g/mol. The molecule has 0 saturated carbocycles. The number of nitrogens with zero attached hydrogens (tertiary/aromatic N) is 2. The van der Waals surface area contributed by atoms with Crippen LogP contribution in [-0.4, -0.2) is 64.8 Å². The molecule has 0 N–H and O–H groups in total. The number of rotatable bonds is 13. The first-order chi connectivity index (χ1) is 14.3. The number of alkyl halides is 14. The molecular formula is C11H8F14N2O6. The summed E-state index contributed by atoms with van der Waals surface area (Å²) >= 11 is 0. The minimum absolute atomic E-state index is 1.94. The van der Waals surface area contributed by atoms with Crippen LogP contribution < -0.4 is 0 Å². The van der Waals surface area contributed by atoms with Crippen LogP contribution in [0.4, 0.5) is 61.5 Å². The van der Waals surface area contributed by atoms with E-state index in [1.807, 2.05) is 0 Å². The lowest BCUT2D eigenvalue weighted by Gasteiger charge is -2.44. The first-order valence-electron chi connectivity index (χ1n) is 7.53. The van der Waals surface area contributed by atoms with E-state index in [0.29, 0.717) is 0 Å². The van der Waals surface area contributed by atoms with Crippen LogP contribution in [0.25, 0.3) is 0 Å². The van der Waals surface area contributed by atoms with Crippen LogP contribution in [0, 0.1) is 20.2 Å². The van der Waals surface area contributed by atoms with E-state index in [1.54, 1.807) is 0 Å². The molecule has 0 aromatic rings. The van der Waals surface area contributed by atoms with E-state index in [1.165, 1.54) is 0 Å². The van der Waals surface area contributed by atoms with Gasteiger partial charge in [0.25, 0.3) is 15.8 Å². The highest BCUT2D eigenvalue weighted by Gasteiger charge is 2.91. The Morgan fingerprint density at radius 3 is 1.21 bits per heavy atom. The molecule has 22 heteroatoms. The molecule has 196 valence electrons. The van der Waals surface area contributed by atoms with Crippen LogP contribution in [0.1, 0.15) is 12.8 Å². The first-order valence-corrected chi connectivity index (χ1v) is 7.53. The second kappa shape index (κ2) is 8.99. The van der Waals surface area contributed by atoms with Gasteiger partial charge in [-0.1, -0.05) is 0 Å². The van der Waals surface area contributed by atoms with Crippen LogP contribution in [0.5, 0.6) is 0 Å². The van der Waals surface area contributed by atoms with Crippen molar-refractivity contribution in [3.8, 4) is 0 Å². The summed E-state index contributed by atoms with van der Waals surface area (Å²) in [6, 6.07) is 0. The van der Waals surface area contributed by atoms with Crippen molar-refractivity contribution >= 4 is 0 Å². The van der Waals surface area contributed by atoms with E-state index in [0.717, 1.165) is 0 Å². The number of hydrogen-bond acceptors (Lipinski definition) is 6. The second-order valence-electron chi connectivity index (χ2n) is 5.91. The van der Waals surface area contributed by atoms with Crippen molar-refractivity contribution in [2.75, 3.05) is 13.2 Å². The smallest absolute Gasteiger partial charge is 0.314 e. The molecule has 0 aliphatic rings. The van der Waals surface area contributed by atoms with Gasteiger partial charge in [0, 0.05) is 12.8 Å². The van der Waals surface area contributed by atoms with E-state index >= 15 is 0 Å². The van der Waals surface area contributed by atoms with Crippen LogP contribution in [0.15, 0.2) is 0 Å². The minimum atomic E-state index is -8.24. The van der Waals surface area contributed by atoms with Crippen LogP contribution in [0.2, 0.25) is 0 Å². The first kappa shape index (κ1) is 30.4. The molecule has 0 rings (SSSR count). The van der Waals surface area contributed by atoms with Gasteiger partial charge in [-0.15, -0.1) is 20.2 Å².